The average molecular weight is 694 g/mol. The van der Waals surface area contributed by atoms with Gasteiger partial charge in [0.1, 0.15) is 12.5 Å². The highest BCUT2D eigenvalue weighted by molar-refractivity contribution is 6.74. The quantitative estimate of drug-likeness (QED) is 0.0294. The number of allylic oxidation sites excluding steroid dienone is 3. The van der Waals surface area contributed by atoms with Gasteiger partial charge in [-0.1, -0.05) is 76.3 Å². The molecule has 0 bridgehead atoms. The summed E-state index contributed by atoms with van der Waals surface area (Å²) in [5, 5.41) is 10.4. The molecule has 0 fully saturated rings. The van der Waals surface area contributed by atoms with Crippen LogP contribution in [0.4, 0.5) is 0 Å². The van der Waals surface area contributed by atoms with Crippen LogP contribution in [0.25, 0.3) is 0 Å². The van der Waals surface area contributed by atoms with Gasteiger partial charge in [0.15, 0.2) is 8.32 Å². The molecule has 0 aliphatic heterocycles. The van der Waals surface area contributed by atoms with E-state index in [0.717, 1.165) is 17.7 Å². The molecule has 0 radical (unpaired) electrons. The van der Waals surface area contributed by atoms with Crippen LogP contribution < -0.4 is 4.74 Å². The number of hydrogen-bond acceptors (Lipinski definition) is 9. The van der Waals surface area contributed by atoms with Gasteiger partial charge < -0.3 is 33.2 Å². The zero-order valence-corrected chi connectivity index (χ0v) is 32.1. The molecule has 0 unspecified atom stereocenters. The molecule has 0 aliphatic rings. The SMILES string of the molecule is COCCOCO[C@H](CC(=O)N(C)OC)C[C@H](C/C=C/C=C/[C@H](OCc1ccc(OC)cc1)[C@H](C)C/C=C/CO)O[Si](C)(C)C(C)(C)C. The number of benzene rings is 1. The van der Waals surface area contributed by atoms with E-state index in [-0.39, 0.29) is 48.9 Å². The van der Waals surface area contributed by atoms with Gasteiger partial charge in [-0.2, -0.15) is 0 Å². The molecule has 1 aromatic carbocycles. The van der Waals surface area contributed by atoms with Crippen molar-refractivity contribution in [3.63, 3.8) is 0 Å². The Balaban J connectivity index is 3.12. The Hall–Kier alpha value is -2.35. The zero-order valence-electron chi connectivity index (χ0n) is 31.1. The maximum Gasteiger partial charge on any atom is 0.248 e. The lowest BCUT2D eigenvalue weighted by molar-refractivity contribution is -0.174. The minimum Gasteiger partial charge on any atom is -0.497 e. The maximum atomic E-state index is 12.8. The first-order chi connectivity index (χ1) is 22.8. The fraction of sp³-hybridized carbons (Fsp3) is 0.649. The van der Waals surface area contributed by atoms with E-state index in [2.05, 4.69) is 52.9 Å². The third-order valence-electron chi connectivity index (χ3n) is 8.53. The number of carbonyl (C=O) groups is 1. The number of aliphatic hydroxyl groups is 1. The van der Waals surface area contributed by atoms with Crippen molar-refractivity contribution in [2.24, 2.45) is 5.92 Å². The van der Waals surface area contributed by atoms with Gasteiger partial charge in [-0.3, -0.25) is 9.63 Å². The maximum absolute atomic E-state index is 12.8. The molecule has 0 saturated carbocycles. The minimum absolute atomic E-state index is 0.00955. The number of hydrogen-bond donors (Lipinski definition) is 1. The van der Waals surface area contributed by atoms with E-state index in [9.17, 15) is 9.90 Å². The highest BCUT2D eigenvalue weighted by Gasteiger charge is 2.39. The number of amides is 1. The molecule has 10 nitrogen and oxygen atoms in total. The Morgan fingerprint density at radius 2 is 1.67 bits per heavy atom. The van der Waals surface area contributed by atoms with Crippen LogP contribution >= 0.6 is 0 Å². The predicted octanol–water partition coefficient (Wildman–Crippen LogP) is 6.85. The summed E-state index contributed by atoms with van der Waals surface area (Å²) in [7, 11) is 4.17. The largest absolute Gasteiger partial charge is 0.497 e. The predicted molar refractivity (Wildman–Crippen MR) is 193 cm³/mol. The summed E-state index contributed by atoms with van der Waals surface area (Å²) in [5.74, 6) is 0.811. The Morgan fingerprint density at radius 3 is 2.27 bits per heavy atom. The lowest BCUT2D eigenvalue weighted by Gasteiger charge is -2.40. The van der Waals surface area contributed by atoms with Gasteiger partial charge >= 0.3 is 0 Å². The summed E-state index contributed by atoms with van der Waals surface area (Å²) in [6.07, 6.45) is 13.3. The van der Waals surface area contributed by atoms with Crippen LogP contribution in [0, 0.1) is 5.92 Å². The number of nitrogens with zero attached hydrogens (tertiary/aromatic N) is 1. The Bertz CT molecular complexity index is 1090. The third-order valence-corrected chi connectivity index (χ3v) is 13.1. The number of ether oxygens (including phenoxy) is 5. The fourth-order valence-corrected chi connectivity index (χ4v) is 5.77. The van der Waals surface area contributed by atoms with Crippen LogP contribution in [0.3, 0.4) is 0 Å². The third kappa shape index (κ3) is 17.9. The topological polar surface area (TPSA) is 105 Å². The fourth-order valence-electron chi connectivity index (χ4n) is 4.39. The van der Waals surface area contributed by atoms with E-state index in [1.54, 1.807) is 27.3 Å². The molecule has 274 valence electrons. The molecule has 1 amide bonds. The van der Waals surface area contributed by atoms with Crippen LogP contribution in [0.15, 0.2) is 60.7 Å². The van der Waals surface area contributed by atoms with Gasteiger partial charge in [0.2, 0.25) is 5.91 Å². The van der Waals surface area contributed by atoms with Crippen LogP contribution in [0.1, 0.15) is 58.9 Å². The molecule has 0 saturated heterocycles. The molecule has 48 heavy (non-hydrogen) atoms. The molecule has 0 aromatic heterocycles. The van der Waals surface area contributed by atoms with Crippen LogP contribution in [-0.2, 0) is 39.6 Å². The van der Waals surface area contributed by atoms with Gasteiger partial charge in [-0.25, -0.2) is 5.06 Å². The highest BCUT2D eigenvalue weighted by Crippen LogP contribution is 2.38. The van der Waals surface area contributed by atoms with Crippen LogP contribution in [0.2, 0.25) is 18.1 Å². The van der Waals surface area contributed by atoms with Gasteiger partial charge in [-0.05, 0) is 61.0 Å². The smallest absolute Gasteiger partial charge is 0.248 e. The van der Waals surface area contributed by atoms with E-state index in [0.29, 0.717) is 32.7 Å². The minimum atomic E-state index is -2.15. The van der Waals surface area contributed by atoms with Crippen molar-refractivity contribution in [2.45, 2.75) is 96.4 Å². The second-order valence-corrected chi connectivity index (χ2v) is 18.1. The molecule has 0 spiro atoms. The summed E-state index contributed by atoms with van der Waals surface area (Å²) in [6, 6.07) is 7.86. The summed E-state index contributed by atoms with van der Waals surface area (Å²) < 4.78 is 35.2. The number of hydroxylamine groups is 2. The van der Waals surface area contributed by atoms with Gasteiger partial charge in [0.25, 0.3) is 0 Å². The number of aliphatic hydroxyl groups excluding tert-OH is 1. The first kappa shape index (κ1) is 43.7. The number of rotatable bonds is 25. The number of carbonyl (C=O) groups excluding carboxylic acids is 1. The summed E-state index contributed by atoms with van der Waals surface area (Å²) in [4.78, 5) is 17.9. The van der Waals surface area contributed by atoms with Crippen LogP contribution in [0.5, 0.6) is 5.75 Å². The lowest BCUT2D eigenvalue weighted by atomic mass is 9.99. The molecule has 1 rings (SSSR count). The molecule has 0 aliphatic carbocycles. The first-order valence-corrected chi connectivity index (χ1v) is 19.7. The molecule has 4 atom stereocenters. The second kappa shape index (κ2) is 23.9. The molecule has 11 heteroatoms. The van der Waals surface area contributed by atoms with E-state index in [4.69, 9.17) is 32.9 Å². The monoisotopic (exact) mass is 693 g/mol. The summed E-state index contributed by atoms with van der Waals surface area (Å²) in [6.45, 7) is 14.6. The van der Waals surface area contributed by atoms with Crippen molar-refractivity contribution in [2.75, 3.05) is 55.0 Å². The number of methoxy groups -OCH3 is 2. The summed E-state index contributed by atoms with van der Waals surface area (Å²) >= 11 is 0. The van der Waals surface area contributed by atoms with Crippen molar-refractivity contribution >= 4 is 14.2 Å². The Kier molecular flexibility index (Phi) is 21.7. The standard InChI is InChI=1S/C37H63NO9Si/c1-30(16-14-15-23-39)35(45-28-31-19-21-32(42-7)22-20-31)18-13-11-12-17-33(47-48(9,10)37(2,3)4)26-34(27-36(40)38(5)43-8)46-29-44-25-24-41-6/h11-15,18-22,30,33-35,39H,16-17,23-29H2,1-10H3/b12-11+,15-14+,18-13+/t30-,33+,34+,35+/m1/s1. The van der Waals surface area contributed by atoms with E-state index in [1.165, 1.54) is 12.2 Å². The first-order valence-electron chi connectivity index (χ1n) is 16.8. The highest BCUT2D eigenvalue weighted by atomic mass is 28.4. The van der Waals surface area contributed by atoms with Crippen molar-refractivity contribution in [1.82, 2.24) is 5.06 Å². The van der Waals surface area contributed by atoms with Gasteiger partial charge in [0, 0.05) is 14.2 Å². The normalized spacial score (nSPS) is 15.3. The van der Waals surface area contributed by atoms with Crippen molar-refractivity contribution in [3.8, 4) is 5.75 Å². The molecular weight excluding hydrogens is 630 g/mol. The Labute approximate surface area is 291 Å². The van der Waals surface area contributed by atoms with Crippen molar-refractivity contribution in [3.05, 3.63) is 66.3 Å². The molecular formula is C37H63NO9Si. The summed E-state index contributed by atoms with van der Waals surface area (Å²) in [5.41, 5.74) is 1.06. The lowest BCUT2D eigenvalue weighted by Crippen LogP contribution is -2.45. The molecule has 1 N–H and O–H groups in total. The molecule has 1 aromatic rings. The van der Waals surface area contributed by atoms with Gasteiger partial charge in [0.05, 0.1) is 65.4 Å². The zero-order chi connectivity index (χ0) is 36.0. The Morgan fingerprint density at radius 1 is 0.958 bits per heavy atom. The van der Waals surface area contributed by atoms with Crippen molar-refractivity contribution < 1.29 is 42.8 Å². The van der Waals surface area contributed by atoms with E-state index < -0.39 is 14.4 Å². The average Bonchev–Trinajstić information content (AvgIpc) is 3.04. The second-order valence-electron chi connectivity index (χ2n) is 13.4. The van der Waals surface area contributed by atoms with Crippen molar-refractivity contribution in [1.29, 1.82) is 0 Å². The molecule has 0 heterocycles. The van der Waals surface area contributed by atoms with E-state index in [1.807, 2.05) is 42.5 Å². The van der Waals surface area contributed by atoms with Crippen LogP contribution in [-0.4, -0.2) is 97.7 Å². The van der Waals surface area contributed by atoms with E-state index >= 15 is 0 Å². The van der Waals surface area contributed by atoms with Gasteiger partial charge in [-0.15, -0.1) is 0 Å².